The maximum atomic E-state index is 12.0. The zero-order valence-electron chi connectivity index (χ0n) is 10.3. The van der Waals surface area contributed by atoms with Crippen molar-refractivity contribution in [3.8, 4) is 6.07 Å². The molecule has 8 heteroatoms. The number of anilines is 1. The molecule has 6 nitrogen and oxygen atoms in total. The lowest BCUT2D eigenvalue weighted by atomic mass is 10.1. The molecule has 1 aliphatic rings. The summed E-state index contributed by atoms with van der Waals surface area (Å²) in [6.45, 7) is 0.00684. The fraction of sp³-hybridized carbons (Fsp3) is 0.417. The van der Waals surface area contributed by atoms with Crippen molar-refractivity contribution in [1.82, 2.24) is 0 Å². The van der Waals surface area contributed by atoms with Crippen molar-refractivity contribution in [2.45, 2.75) is 12.5 Å². The van der Waals surface area contributed by atoms with Crippen LogP contribution in [0.3, 0.4) is 0 Å². The van der Waals surface area contributed by atoms with Gasteiger partial charge in [0.25, 0.3) is 12.1 Å². The first kappa shape index (κ1) is 14.1. The van der Waals surface area contributed by atoms with E-state index in [0.29, 0.717) is 18.8 Å². The molecule has 0 atom stereocenters. The Morgan fingerprint density at radius 2 is 2.25 bits per heavy atom. The fourth-order valence-corrected chi connectivity index (χ4v) is 1.96. The molecule has 0 N–H and O–H groups in total. The molecule has 1 saturated heterocycles. The van der Waals surface area contributed by atoms with Crippen LogP contribution < -0.4 is 4.90 Å². The molecule has 20 heavy (non-hydrogen) atoms. The third kappa shape index (κ3) is 3.00. The van der Waals surface area contributed by atoms with Gasteiger partial charge in [0.15, 0.2) is 0 Å². The highest BCUT2D eigenvalue weighted by molar-refractivity contribution is 5.66. The van der Waals surface area contributed by atoms with Gasteiger partial charge in [-0.3, -0.25) is 10.1 Å². The Kier molecular flexibility index (Phi) is 4.10. The molecule has 1 fully saturated rings. The zero-order valence-corrected chi connectivity index (χ0v) is 10.3. The van der Waals surface area contributed by atoms with Crippen LogP contribution >= 0.6 is 0 Å². The number of hydrogen-bond acceptors (Lipinski definition) is 5. The average molecular weight is 283 g/mol. The summed E-state index contributed by atoms with van der Waals surface area (Å²) in [5, 5.41) is 19.7. The zero-order chi connectivity index (χ0) is 14.7. The molecule has 0 unspecified atom stereocenters. The molecule has 0 aromatic heterocycles. The van der Waals surface area contributed by atoms with Gasteiger partial charge in [-0.15, -0.1) is 0 Å². The maximum Gasteiger partial charge on any atom is 0.293 e. The topological polar surface area (TPSA) is 79.4 Å². The fourth-order valence-electron chi connectivity index (χ4n) is 1.96. The summed E-state index contributed by atoms with van der Waals surface area (Å²) in [5.74, 6) is 0. The quantitative estimate of drug-likeness (QED) is 0.609. The molecule has 0 radical (unpaired) electrons. The molecular weight excluding hydrogens is 272 g/mol. The molecule has 0 amide bonds. The molecule has 106 valence electrons. The van der Waals surface area contributed by atoms with E-state index in [-0.39, 0.29) is 17.4 Å². The first-order valence-corrected chi connectivity index (χ1v) is 5.84. The normalized spacial score (nSPS) is 15.0. The van der Waals surface area contributed by atoms with Crippen LogP contribution in [0.2, 0.25) is 0 Å². The minimum absolute atomic E-state index is 0.170. The van der Waals surface area contributed by atoms with E-state index in [4.69, 9.17) is 10.00 Å². The van der Waals surface area contributed by atoms with Crippen LogP contribution in [0.1, 0.15) is 5.56 Å². The van der Waals surface area contributed by atoms with Crippen LogP contribution in [0.5, 0.6) is 0 Å². The van der Waals surface area contributed by atoms with Crippen LogP contribution in [0.25, 0.3) is 0 Å². The maximum absolute atomic E-state index is 12.0. The largest absolute Gasteiger partial charge is 0.369 e. The Bertz CT molecular complexity index is 553. The molecule has 0 spiro atoms. The molecule has 1 heterocycles. The number of nitriles is 1. The number of benzene rings is 1. The highest BCUT2D eigenvalue weighted by Crippen LogP contribution is 2.32. The molecule has 1 aromatic rings. The van der Waals surface area contributed by atoms with E-state index in [0.717, 1.165) is 0 Å². The van der Waals surface area contributed by atoms with Crippen molar-refractivity contribution < 1.29 is 18.4 Å². The summed E-state index contributed by atoms with van der Waals surface area (Å²) in [5.41, 5.74) is 0.397. The van der Waals surface area contributed by atoms with E-state index >= 15 is 0 Å². The summed E-state index contributed by atoms with van der Waals surface area (Å²) in [6, 6.07) is 6.00. The molecule has 2 rings (SSSR count). The van der Waals surface area contributed by atoms with E-state index in [2.05, 4.69) is 0 Å². The van der Waals surface area contributed by atoms with E-state index in [9.17, 15) is 18.9 Å². The molecule has 0 aliphatic carbocycles. The van der Waals surface area contributed by atoms with Gasteiger partial charge in [-0.1, -0.05) is 0 Å². The number of nitrogens with zero attached hydrogens (tertiary/aromatic N) is 3. The Balaban J connectivity index is 2.04. The minimum atomic E-state index is -2.52. The molecular formula is C12H11F2N3O3. The lowest BCUT2D eigenvalue weighted by molar-refractivity contribution is -0.384. The summed E-state index contributed by atoms with van der Waals surface area (Å²) in [6.07, 6.45) is -2.87. The van der Waals surface area contributed by atoms with E-state index < -0.39 is 18.0 Å². The third-order valence-electron chi connectivity index (χ3n) is 2.95. The second-order valence-electron chi connectivity index (χ2n) is 4.32. The van der Waals surface area contributed by atoms with Crippen molar-refractivity contribution in [1.29, 1.82) is 5.26 Å². The van der Waals surface area contributed by atoms with Gasteiger partial charge >= 0.3 is 0 Å². The molecule has 0 saturated carbocycles. The minimum Gasteiger partial charge on any atom is -0.369 e. The van der Waals surface area contributed by atoms with E-state index in [1.807, 2.05) is 6.07 Å². The number of rotatable bonds is 5. The summed E-state index contributed by atoms with van der Waals surface area (Å²) >= 11 is 0. The van der Waals surface area contributed by atoms with Gasteiger partial charge in [-0.05, 0) is 12.1 Å². The second-order valence-corrected chi connectivity index (χ2v) is 4.32. The lowest BCUT2D eigenvalue weighted by Crippen LogP contribution is -2.53. The number of ether oxygens (including phenoxy) is 1. The predicted molar refractivity (Wildman–Crippen MR) is 65.8 cm³/mol. The number of nitro benzene ring substituents is 1. The van der Waals surface area contributed by atoms with Gasteiger partial charge in [0, 0.05) is 19.2 Å². The number of nitro groups is 1. The second kappa shape index (κ2) is 5.79. The highest BCUT2D eigenvalue weighted by Gasteiger charge is 2.32. The van der Waals surface area contributed by atoms with Crippen LogP contribution in [-0.2, 0) is 4.74 Å². The first-order valence-electron chi connectivity index (χ1n) is 5.84. The summed E-state index contributed by atoms with van der Waals surface area (Å²) in [4.78, 5) is 12.1. The Morgan fingerprint density at radius 1 is 1.55 bits per heavy atom. The van der Waals surface area contributed by atoms with Gasteiger partial charge < -0.3 is 9.64 Å². The van der Waals surface area contributed by atoms with Crippen LogP contribution in [-0.4, -0.2) is 37.1 Å². The van der Waals surface area contributed by atoms with Crippen LogP contribution in [0, 0.1) is 21.4 Å². The Morgan fingerprint density at radius 3 is 2.80 bits per heavy atom. The van der Waals surface area contributed by atoms with Gasteiger partial charge in [0.2, 0.25) is 0 Å². The van der Waals surface area contributed by atoms with Crippen molar-refractivity contribution in [2.24, 2.45) is 0 Å². The third-order valence-corrected chi connectivity index (χ3v) is 2.95. The van der Waals surface area contributed by atoms with Crippen molar-refractivity contribution in [2.75, 3.05) is 24.6 Å². The van der Waals surface area contributed by atoms with Crippen LogP contribution in [0.15, 0.2) is 18.2 Å². The number of halogens is 2. The number of hydrogen-bond donors (Lipinski definition) is 0. The van der Waals surface area contributed by atoms with Gasteiger partial charge in [0.05, 0.1) is 22.7 Å². The van der Waals surface area contributed by atoms with E-state index in [1.54, 1.807) is 4.90 Å². The smallest absolute Gasteiger partial charge is 0.293 e. The van der Waals surface area contributed by atoms with Crippen LogP contribution in [0.4, 0.5) is 20.2 Å². The van der Waals surface area contributed by atoms with Gasteiger partial charge in [-0.25, -0.2) is 8.78 Å². The number of alkyl halides is 2. The van der Waals surface area contributed by atoms with Crippen molar-refractivity contribution >= 4 is 11.4 Å². The molecule has 0 bridgehead atoms. The predicted octanol–water partition coefficient (Wildman–Crippen LogP) is 1.94. The summed E-state index contributed by atoms with van der Waals surface area (Å²) < 4.78 is 28.9. The highest BCUT2D eigenvalue weighted by atomic mass is 19.3. The lowest BCUT2D eigenvalue weighted by Gasteiger charge is -2.40. The Labute approximate surface area is 113 Å². The van der Waals surface area contributed by atoms with Gasteiger partial charge in [-0.2, -0.15) is 5.26 Å². The molecule has 1 aromatic carbocycles. The van der Waals surface area contributed by atoms with Crippen molar-refractivity contribution in [3.63, 3.8) is 0 Å². The summed E-state index contributed by atoms with van der Waals surface area (Å²) in [7, 11) is 0. The standard InChI is InChI=1S/C12H11F2N3O3/c13-12(14)7-20-9-5-16(6-9)10-2-1-8(4-15)3-11(10)17(18)19/h1-3,9,12H,5-7H2. The molecule has 1 aliphatic heterocycles. The SMILES string of the molecule is N#Cc1ccc(N2CC(OCC(F)F)C2)c([N+](=O)[O-])c1. The van der Waals surface area contributed by atoms with Crippen molar-refractivity contribution in [3.05, 3.63) is 33.9 Å². The Hall–Kier alpha value is -2.27. The van der Waals surface area contributed by atoms with E-state index in [1.165, 1.54) is 18.2 Å². The first-order chi connectivity index (χ1) is 9.51. The van der Waals surface area contributed by atoms with Gasteiger partial charge in [0.1, 0.15) is 12.3 Å². The monoisotopic (exact) mass is 283 g/mol. The average Bonchev–Trinajstić information content (AvgIpc) is 2.36.